The Bertz CT molecular complexity index is 761. The van der Waals surface area contributed by atoms with Crippen molar-refractivity contribution in [3.05, 3.63) is 59.7 Å². The number of nitrogens with zero attached hydrogens (tertiary/aromatic N) is 2. The van der Waals surface area contributed by atoms with Gasteiger partial charge in [0.1, 0.15) is 0 Å². The van der Waals surface area contributed by atoms with E-state index in [1.807, 2.05) is 26.1 Å². The first-order chi connectivity index (χ1) is 13.2. The molecule has 0 saturated carbocycles. The molecular weight excluding hydrogens is 338 g/mol. The van der Waals surface area contributed by atoms with Crippen LogP contribution in [0, 0.1) is 0 Å². The van der Waals surface area contributed by atoms with Crippen LogP contribution in [0.2, 0.25) is 0 Å². The van der Waals surface area contributed by atoms with Crippen LogP contribution in [0.15, 0.2) is 53.5 Å². The van der Waals surface area contributed by atoms with Gasteiger partial charge in [-0.05, 0) is 36.6 Å². The molecule has 2 aromatic rings. The van der Waals surface area contributed by atoms with Crippen LogP contribution in [0.5, 0.6) is 11.5 Å². The van der Waals surface area contributed by atoms with E-state index in [-0.39, 0.29) is 0 Å². The van der Waals surface area contributed by atoms with Gasteiger partial charge in [-0.2, -0.15) is 0 Å². The topological polar surface area (TPSA) is 46.1 Å². The Hall–Kier alpha value is -2.69. The Kier molecular flexibility index (Phi) is 6.58. The lowest BCUT2D eigenvalue weighted by molar-refractivity contribution is 0.310. The number of hydrogen-bond donors (Lipinski definition) is 1. The average molecular weight is 367 g/mol. The maximum absolute atomic E-state index is 5.59. The molecule has 1 fully saturated rings. The summed E-state index contributed by atoms with van der Waals surface area (Å²) >= 11 is 0. The van der Waals surface area contributed by atoms with Crippen LogP contribution in [0.1, 0.15) is 30.4 Å². The second-order valence-corrected chi connectivity index (χ2v) is 6.66. The quantitative estimate of drug-likeness (QED) is 0.625. The number of likely N-dealkylation sites (tertiary alicyclic amines) is 1. The average Bonchev–Trinajstić information content (AvgIpc) is 3.20. The van der Waals surface area contributed by atoms with Gasteiger partial charge in [-0.3, -0.25) is 4.99 Å². The first-order valence-corrected chi connectivity index (χ1v) is 9.55. The molecule has 1 heterocycles. The SMILES string of the molecule is CCOc1ccc(CNC(=NC)N2CCC(c3ccccc3)C2)cc1OC. The summed E-state index contributed by atoms with van der Waals surface area (Å²) < 4.78 is 11.0. The summed E-state index contributed by atoms with van der Waals surface area (Å²) in [5.41, 5.74) is 2.54. The van der Waals surface area contributed by atoms with Gasteiger partial charge in [-0.25, -0.2) is 0 Å². The summed E-state index contributed by atoms with van der Waals surface area (Å²) in [5.74, 6) is 3.05. The van der Waals surface area contributed by atoms with Crippen LogP contribution in [0.4, 0.5) is 0 Å². The van der Waals surface area contributed by atoms with Crippen LogP contribution < -0.4 is 14.8 Å². The van der Waals surface area contributed by atoms with Crippen LogP contribution in [-0.2, 0) is 6.54 Å². The van der Waals surface area contributed by atoms with E-state index in [1.165, 1.54) is 5.56 Å². The highest BCUT2D eigenvalue weighted by Gasteiger charge is 2.25. The largest absolute Gasteiger partial charge is 0.493 e. The fourth-order valence-corrected chi connectivity index (χ4v) is 3.56. The van der Waals surface area contributed by atoms with E-state index in [9.17, 15) is 0 Å². The van der Waals surface area contributed by atoms with Crippen molar-refractivity contribution in [2.75, 3.05) is 33.9 Å². The molecule has 5 heteroatoms. The normalized spacial score (nSPS) is 17.1. The van der Waals surface area contributed by atoms with E-state index in [2.05, 4.69) is 51.6 Å². The predicted molar refractivity (Wildman–Crippen MR) is 110 cm³/mol. The van der Waals surface area contributed by atoms with E-state index in [0.29, 0.717) is 19.1 Å². The van der Waals surface area contributed by atoms with Gasteiger partial charge in [0, 0.05) is 32.6 Å². The Morgan fingerprint density at radius 3 is 2.70 bits per heavy atom. The first kappa shape index (κ1) is 19.1. The molecule has 1 unspecified atom stereocenters. The Morgan fingerprint density at radius 1 is 1.19 bits per heavy atom. The fraction of sp³-hybridized carbons (Fsp3) is 0.409. The van der Waals surface area contributed by atoms with Crippen molar-refractivity contribution < 1.29 is 9.47 Å². The van der Waals surface area contributed by atoms with Crippen LogP contribution in [0.3, 0.4) is 0 Å². The lowest BCUT2D eigenvalue weighted by Gasteiger charge is -2.22. The lowest BCUT2D eigenvalue weighted by Crippen LogP contribution is -2.39. The second-order valence-electron chi connectivity index (χ2n) is 6.66. The summed E-state index contributed by atoms with van der Waals surface area (Å²) in [6.07, 6.45) is 1.15. The molecule has 1 N–H and O–H groups in total. The third-order valence-corrected chi connectivity index (χ3v) is 4.95. The zero-order chi connectivity index (χ0) is 19.1. The predicted octanol–water partition coefficient (Wildman–Crippen LogP) is 3.66. The van der Waals surface area contributed by atoms with Gasteiger partial charge in [0.15, 0.2) is 17.5 Å². The van der Waals surface area contributed by atoms with Gasteiger partial charge in [-0.1, -0.05) is 36.4 Å². The number of aliphatic imine (C=N–C) groups is 1. The smallest absolute Gasteiger partial charge is 0.193 e. The summed E-state index contributed by atoms with van der Waals surface area (Å²) in [4.78, 5) is 6.82. The minimum absolute atomic E-state index is 0.565. The minimum Gasteiger partial charge on any atom is -0.493 e. The number of guanidine groups is 1. The van der Waals surface area contributed by atoms with Gasteiger partial charge < -0.3 is 19.7 Å². The summed E-state index contributed by atoms with van der Waals surface area (Å²) in [6, 6.07) is 16.8. The Balaban J connectivity index is 1.60. The lowest BCUT2D eigenvalue weighted by atomic mass is 9.99. The van der Waals surface area contributed by atoms with Crippen LogP contribution in [0.25, 0.3) is 0 Å². The van der Waals surface area contributed by atoms with Gasteiger partial charge >= 0.3 is 0 Å². The van der Waals surface area contributed by atoms with E-state index >= 15 is 0 Å². The molecule has 0 radical (unpaired) electrons. The van der Waals surface area contributed by atoms with Gasteiger partial charge in [0.2, 0.25) is 0 Å². The summed E-state index contributed by atoms with van der Waals surface area (Å²) in [6.45, 7) is 5.31. The highest BCUT2D eigenvalue weighted by molar-refractivity contribution is 5.80. The standard InChI is InChI=1S/C22H29N3O2/c1-4-27-20-11-10-17(14-21(20)26-3)15-24-22(23-2)25-13-12-19(16-25)18-8-6-5-7-9-18/h5-11,14,19H,4,12-13,15-16H2,1-3H3,(H,23,24). The van der Waals surface area contributed by atoms with Crippen molar-refractivity contribution in [2.24, 2.45) is 4.99 Å². The zero-order valence-corrected chi connectivity index (χ0v) is 16.4. The fourth-order valence-electron chi connectivity index (χ4n) is 3.56. The van der Waals surface area contributed by atoms with E-state index in [1.54, 1.807) is 7.11 Å². The summed E-state index contributed by atoms with van der Waals surface area (Å²) in [5, 5.41) is 3.48. The van der Waals surface area contributed by atoms with Crippen molar-refractivity contribution >= 4 is 5.96 Å². The van der Waals surface area contributed by atoms with Crippen LogP contribution >= 0.6 is 0 Å². The maximum Gasteiger partial charge on any atom is 0.193 e. The van der Waals surface area contributed by atoms with Crippen molar-refractivity contribution in [1.82, 2.24) is 10.2 Å². The van der Waals surface area contributed by atoms with Gasteiger partial charge in [0.05, 0.1) is 13.7 Å². The molecule has 1 aliphatic heterocycles. The molecule has 2 aromatic carbocycles. The molecule has 144 valence electrons. The Morgan fingerprint density at radius 2 is 2.00 bits per heavy atom. The van der Waals surface area contributed by atoms with Crippen molar-refractivity contribution in [2.45, 2.75) is 25.8 Å². The molecule has 1 aliphatic rings. The molecule has 0 spiro atoms. The minimum atomic E-state index is 0.565. The number of ether oxygens (including phenoxy) is 2. The van der Waals surface area contributed by atoms with E-state index in [0.717, 1.165) is 42.5 Å². The zero-order valence-electron chi connectivity index (χ0n) is 16.4. The van der Waals surface area contributed by atoms with E-state index < -0.39 is 0 Å². The second kappa shape index (κ2) is 9.31. The van der Waals surface area contributed by atoms with E-state index in [4.69, 9.17) is 9.47 Å². The molecule has 1 atom stereocenters. The van der Waals surface area contributed by atoms with Crippen molar-refractivity contribution in [1.29, 1.82) is 0 Å². The molecule has 0 bridgehead atoms. The molecule has 0 amide bonds. The first-order valence-electron chi connectivity index (χ1n) is 9.55. The van der Waals surface area contributed by atoms with Crippen LogP contribution in [-0.4, -0.2) is 44.7 Å². The molecule has 1 saturated heterocycles. The molecule has 3 rings (SSSR count). The number of benzene rings is 2. The molecular formula is C22H29N3O2. The third kappa shape index (κ3) is 4.73. The molecule has 0 aliphatic carbocycles. The third-order valence-electron chi connectivity index (χ3n) is 4.95. The van der Waals surface area contributed by atoms with Gasteiger partial charge in [0.25, 0.3) is 0 Å². The number of hydrogen-bond acceptors (Lipinski definition) is 3. The number of nitrogens with one attached hydrogen (secondary N) is 1. The number of rotatable bonds is 6. The molecule has 27 heavy (non-hydrogen) atoms. The molecule has 5 nitrogen and oxygen atoms in total. The maximum atomic E-state index is 5.59. The van der Waals surface area contributed by atoms with Crippen molar-refractivity contribution in [3.63, 3.8) is 0 Å². The monoisotopic (exact) mass is 367 g/mol. The molecule has 0 aromatic heterocycles. The van der Waals surface area contributed by atoms with Gasteiger partial charge in [-0.15, -0.1) is 0 Å². The highest BCUT2D eigenvalue weighted by atomic mass is 16.5. The Labute approximate surface area is 162 Å². The summed E-state index contributed by atoms with van der Waals surface area (Å²) in [7, 11) is 3.51. The number of methoxy groups -OCH3 is 1. The van der Waals surface area contributed by atoms with Crippen molar-refractivity contribution in [3.8, 4) is 11.5 Å². The highest BCUT2D eigenvalue weighted by Crippen LogP contribution is 2.29.